The highest BCUT2D eigenvalue weighted by molar-refractivity contribution is 6.29. The number of nitrogens with one attached hydrogen (secondary N) is 1. The molecule has 0 radical (unpaired) electrons. The molecule has 6 heteroatoms. The van der Waals surface area contributed by atoms with Crippen LogP contribution in [-0.2, 0) is 11.4 Å². The van der Waals surface area contributed by atoms with Gasteiger partial charge in [-0.15, -0.1) is 0 Å². The van der Waals surface area contributed by atoms with E-state index in [-0.39, 0.29) is 12.5 Å². The van der Waals surface area contributed by atoms with Crippen LogP contribution in [0, 0.1) is 0 Å². The minimum absolute atomic E-state index is 0.165. The number of hydrogen-bond donors (Lipinski definition) is 2. The average molecular weight is 290 g/mol. The first-order valence-electron chi connectivity index (χ1n) is 5.83. The number of aliphatic hydroxyl groups is 1. The normalized spacial score (nSPS) is 10.7. The van der Waals surface area contributed by atoms with Crippen LogP contribution in [0.25, 0.3) is 6.08 Å². The molecule has 2 aromatic rings. The maximum Gasteiger partial charge on any atom is 0.248 e. The van der Waals surface area contributed by atoms with Gasteiger partial charge in [0.05, 0.1) is 18.5 Å². The molecule has 0 aliphatic rings. The van der Waals surface area contributed by atoms with Crippen LogP contribution >= 0.6 is 11.6 Å². The molecule has 5 nitrogen and oxygen atoms in total. The Labute approximate surface area is 121 Å². The summed E-state index contributed by atoms with van der Waals surface area (Å²) in [5.41, 5.74) is 1.86. The largest absolute Gasteiger partial charge is 0.392 e. The summed E-state index contributed by atoms with van der Waals surface area (Å²) >= 11 is 5.75. The molecule has 0 spiro atoms. The molecule has 2 aromatic heterocycles. The molecule has 1 amide bonds. The van der Waals surface area contributed by atoms with Crippen molar-refractivity contribution >= 4 is 29.3 Å². The van der Waals surface area contributed by atoms with Crippen molar-refractivity contribution in [2.24, 2.45) is 0 Å². The maximum absolute atomic E-state index is 11.8. The highest BCUT2D eigenvalue weighted by Gasteiger charge is 2.03. The molecule has 2 rings (SSSR count). The number of aliphatic hydroxyl groups excluding tert-OH is 1. The predicted molar refractivity (Wildman–Crippen MR) is 77.1 cm³/mol. The van der Waals surface area contributed by atoms with Crippen LogP contribution in [0.4, 0.5) is 5.69 Å². The van der Waals surface area contributed by atoms with Gasteiger partial charge in [-0.05, 0) is 29.8 Å². The summed E-state index contributed by atoms with van der Waals surface area (Å²) in [5, 5.41) is 12.2. The van der Waals surface area contributed by atoms with Gasteiger partial charge in [-0.3, -0.25) is 9.78 Å². The lowest BCUT2D eigenvalue weighted by Gasteiger charge is -2.06. The van der Waals surface area contributed by atoms with Gasteiger partial charge in [-0.1, -0.05) is 11.6 Å². The van der Waals surface area contributed by atoms with Crippen molar-refractivity contribution in [1.29, 1.82) is 0 Å². The molecule has 0 bridgehead atoms. The van der Waals surface area contributed by atoms with Gasteiger partial charge in [0.15, 0.2) is 0 Å². The zero-order chi connectivity index (χ0) is 14.4. The lowest BCUT2D eigenvalue weighted by Crippen LogP contribution is -2.10. The van der Waals surface area contributed by atoms with E-state index in [4.69, 9.17) is 16.7 Å². The van der Waals surface area contributed by atoms with Crippen LogP contribution in [0.5, 0.6) is 0 Å². The highest BCUT2D eigenvalue weighted by Crippen LogP contribution is 2.13. The molecular formula is C14H12ClN3O2. The first kappa shape index (κ1) is 14.2. The van der Waals surface area contributed by atoms with Crippen molar-refractivity contribution < 1.29 is 9.90 Å². The maximum atomic E-state index is 11.8. The second-order valence-corrected chi connectivity index (χ2v) is 4.31. The molecule has 102 valence electrons. The summed E-state index contributed by atoms with van der Waals surface area (Å²) in [6.07, 6.45) is 7.60. The second kappa shape index (κ2) is 6.79. The van der Waals surface area contributed by atoms with Gasteiger partial charge in [0.25, 0.3) is 0 Å². The van der Waals surface area contributed by atoms with E-state index >= 15 is 0 Å². The molecule has 0 saturated carbocycles. The van der Waals surface area contributed by atoms with Gasteiger partial charge < -0.3 is 10.4 Å². The van der Waals surface area contributed by atoms with Gasteiger partial charge >= 0.3 is 0 Å². The number of rotatable bonds is 4. The van der Waals surface area contributed by atoms with E-state index in [9.17, 15) is 4.79 Å². The summed E-state index contributed by atoms with van der Waals surface area (Å²) in [6.45, 7) is -0.165. The van der Waals surface area contributed by atoms with E-state index in [1.807, 2.05) is 0 Å². The number of pyridine rings is 2. The Morgan fingerprint density at radius 3 is 3.00 bits per heavy atom. The van der Waals surface area contributed by atoms with Gasteiger partial charge in [-0.2, -0.15) is 0 Å². The molecule has 2 heterocycles. The number of carbonyl (C=O) groups is 1. The molecule has 0 fully saturated rings. The molecule has 0 aliphatic carbocycles. The number of amides is 1. The molecule has 0 aromatic carbocycles. The van der Waals surface area contributed by atoms with Crippen LogP contribution < -0.4 is 5.32 Å². The van der Waals surface area contributed by atoms with E-state index < -0.39 is 0 Å². The van der Waals surface area contributed by atoms with Crippen molar-refractivity contribution in [3.8, 4) is 0 Å². The Hall–Kier alpha value is -2.24. The van der Waals surface area contributed by atoms with Crippen molar-refractivity contribution in [2.75, 3.05) is 5.32 Å². The SMILES string of the molecule is O=C(/C=C/c1ccnc(Cl)c1)Nc1cnccc1CO. The Balaban J connectivity index is 2.06. The minimum atomic E-state index is -0.319. The first-order valence-corrected chi connectivity index (χ1v) is 6.21. The molecule has 0 atom stereocenters. The highest BCUT2D eigenvalue weighted by atomic mass is 35.5. The Morgan fingerprint density at radius 2 is 2.25 bits per heavy atom. The van der Waals surface area contributed by atoms with Crippen LogP contribution in [0.15, 0.2) is 42.9 Å². The Kier molecular flexibility index (Phi) is 4.81. The van der Waals surface area contributed by atoms with E-state index in [0.717, 1.165) is 5.56 Å². The topological polar surface area (TPSA) is 75.1 Å². The lowest BCUT2D eigenvalue weighted by molar-refractivity contribution is -0.111. The smallest absolute Gasteiger partial charge is 0.248 e. The molecule has 0 aliphatic heterocycles. The molecular weight excluding hydrogens is 278 g/mol. The quantitative estimate of drug-likeness (QED) is 0.669. The monoisotopic (exact) mass is 289 g/mol. The van der Waals surface area contributed by atoms with E-state index in [2.05, 4.69) is 15.3 Å². The van der Waals surface area contributed by atoms with Crippen molar-refractivity contribution in [3.63, 3.8) is 0 Å². The molecule has 2 N–H and O–H groups in total. The van der Waals surface area contributed by atoms with Crippen LogP contribution in [0.1, 0.15) is 11.1 Å². The standard InChI is InChI=1S/C14H12ClN3O2/c15-13-7-10(3-6-17-13)1-2-14(20)18-12-8-16-5-4-11(12)9-19/h1-8,19H,9H2,(H,18,20)/b2-1+. The zero-order valence-electron chi connectivity index (χ0n) is 10.5. The summed E-state index contributed by atoms with van der Waals surface area (Å²) in [7, 11) is 0. The first-order chi connectivity index (χ1) is 9.69. The summed E-state index contributed by atoms with van der Waals surface area (Å²) in [4.78, 5) is 19.5. The lowest BCUT2D eigenvalue weighted by atomic mass is 10.2. The van der Waals surface area contributed by atoms with E-state index in [1.54, 1.807) is 36.7 Å². The number of anilines is 1. The fourth-order valence-electron chi connectivity index (χ4n) is 1.54. The third-order valence-corrected chi connectivity index (χ3v) is 2.72. The van der Waals surface area contributed by atoms with Gasteiger partial charge in [0.2, 0.25) is 5.91 Å². The van der Waals surface area contributed by atoms with Gasteiger partial charge in [0, 0.05) is 24.0 Å². The molecule has 0 unspecified atom stereocenters. The van der Waals surface area contributed by atoms with Crippen molar-refractivity contribution in [2.45, 2.75) is 6.61 Å². The predicted octanol–water partition coefficient (Wildman–Crippen LogP) is 2.27. The third-order valence-electron chi connectivity index (χ3n) is 2.52. The van der Waals surface area contributed by atoms with Crippen molar-refractivity contribution in [1.82, 2.24) is 9.97 Å². The zero-order valence-corrected chi connectivity index (χ0v) is 11.2. The minimum Gasteiger partial charge on any atom is -0.392 e. The fourth-order valence-corrected chi connectivity index (χ4v) is 1.72. The van der Waals surface area contributed by atoms with Gasteiger partial charge in [0.1, 0.15) is 5.15 Å². The molecule has 20 heavy (non-hydrogen) atoms. The van der Waals surface area contributed by atoms with E-state index in [0.29, 0.717) is 16.4 Å². The summed E-state index contributed by atoms with van der Waals surface area (Å²) in [6, 6.07) is 5.02. The van der Waals surface area contributed by atoms with Crippen molar-refractivity contribution in [3.05, 3.63) is 59.1 Å². The average Bonchev–Trinajstić information content (AvgIpc) is 2.46. The second-order valence-electron chi connectivity index (χ2n) is 3.93. The Morgan fingerprint density at radius 1 is 1.40 bits per heavy atom. The number of nitrogens with zero attached hydrogens (tertiary/aromatic N) is 2. The Bertz CT molecular complexity index is 644. The van der Waals surface area contributed by atoms with E-state index in [1.165, 1.54) is 12.3 Å². The molecule has 0 saturated heterocycles. The fraction of sp³-hybridized carbons (Fsp3) is 0.0714. The third kappa shape index (κ3) is 3.88. The number of carbonyl (C=O) groups excluding carboxylic acids is 1. The summed E-state index contributed by atoms with van der Waals surface area (Å²) in [5.74, 6) is -0.319. The van der Waals surface area contributed by atoms with Crippen LogP contribution in [0.2, 0.25) is 5.15 Å². The van der Waals surface area contributed by atoms with Gasteiger partial charge in [-0.25, -0.2) is 4.98 Å². The summed E-state index contributed by atoms with van der Waals surface area (Å²) < 4.78 is 0. The number of hydrogen-bond acceptors (Lipinski definition) is 4. The number of aromatic nitrogens is 2. The van der Waals surface area contributed by atoms with Crippen LogP contribution in [0.3, 0.4) is 0 Å². The van der Waals surface area contributed by atoms with Crippen LogP contribution in [-0.4, -0.2) is 21.0 Å². The number of halogens is 1.